The van der Waals surface area contributed by atoms with Crippen molar-refractivity contribution in [1.82, 2.24) is 10.2 Å². The molecule has 0 amide bonds. The zero-order chi connectivity index (χ0) is 11.6. The van der Waals surface area contributed by atoms with Crippen LogP contribution in [0.5, 0.6) is 0 Å². The van der Waals surface area contributed by atoms with E-state index in [9.17, 15) is 9.90 Å². The molecule has 0 aliphatic carbocycles. The first kappa shape index (κ1) is 11.9. The summed E-state index contributed by atoms with van der Waals surface area (Å²) in [6.45, 7) is 3.02. The Kier molecular flexibility index (Phi) is 3.50. The molecule has 2 aliphatic rings. The summed E-state index contributed by atoms with van der Waals surface area (Å²) < 4.78 is 0. The number of aliphatic carboxylic acids is 1. The zero-order valence-electron chi connectivity index (χ0n) is 10.0. The molecule has 0 radical (unpaired) electrons. The summed E-state index contributed by atoms with van der Waals surface area (Å²) in [6.07, 6.45) is 4.89. The first-order chi connectivity index (χ1) is 7.62. The van der Waals surface area contributed by atoms with Crippen LogP contribution in [0.3, 0.4) is 0 Å². The summed E-state index contributed by atoms with van der Waals surface area (Å²) >= 11 is 0. The molecule has 0 bridgehead atoms. The van der Waals surface area contributed by atoms with Crippen LogP contribution in [0.4, 0.5) is 0 Å². The average Bonchev–Trinajstić information content (AvgIpc) is 2.65. The Hall–Kier alpha value is -0.610. The van der Waals surface area contributed by atoms with Crippen LogP contribution in [0.2, 0.25) is 0 Å². The van der Waals surface area contributed by atoms with Crippen LogP contribution in [-0.2, 0) is 4.79 Å². The number of hydrogen-bond donors (Lipinski definition) is 2. The summed E-state index contributed by atoms with van der Waals surface area (Å²) in [5.74, 6) is -0.103. The normalized spacial score (nSPS) is 36.4. The largest absolute Gasteiger partial charge is 0.480 e. The summed E-state index contributed by atoms with van der Waals surface area (Å²) in [7, 11) is 2.11. The molecule has 4 nitrogen and oxygen atoms in total. The molecular weight excluding hydrogens is 204 g/mol. The number of nitrogens with one attached hydrogen (secondary N) is 1. The second-order valence-electron chi connectivity index (χ2n) is 5.39. The Bertz CT molecular complexity index is 262. The van der Waals surface area contributed by atoms with Gasteiger partial charge < -0.3 is 15.3 Å². The molecule has 0 spiro atoms. The van der Waals surface area contributed by atoms with Crippen molar-refractivity contribution in [2.24, 2.45) is 5.92 Å². The van der Waals surface area contributed by atoms with Crippen LogP contribution in [0.25, 0.3) is 0 Å². The maximum Gasteiger partial charge on any atom is 0.323 e. The van der Waals surface area contributed by atoms with E-state index < -0.39 is 11.5 Å². The van der Waals surface area contributed by atoms with Gasteiger partial charge in [-0.25, -0.2) is 0 Å². The van der Waals surface area contributed by atoms with E-state index in [4.69, 9.17) is 0 Å². The standard InChI is InChI=1S/C12H22N2O2/c1-14-7-4-10(9-14)8-12(11(15)16)5-2-3-6-13-12/h10,13H,2-9H2,1H3,(H,15,16). The van der Waals surface area contributed by atoms with E-state index >= 15 is 0 Å². The van der Waals surface area contributed by atoms with Gasteiger partial charge in [0.2, 0.25) is 0 Å². The van der Waals surface area contributed by atoms with E-state index in [2.05, 4.69) is 17.3 Å². The van der Waals surface area contributed by atoms with Crippen molar-refractivity contribution in [3.05, 3.63) is 0 Å². The van der Waals surface area contributed by atoms with E-state index in [-0.39, 0.29) is 0 Å². The molecule has 4 heteroatoms. The van der Waals surface area contributed by atoms with Gasteiger partial charge in [-0.05, 0) is 58.2 Å². The molecule has 2 heterocycles. The lowest BCUT2D eigenvalue weighted by Crippen LogP contribution is -2.55. The van der Waals surface area contributed by atoms with Gasteiger partial charge in [0.05, 0.1) is 0 Å². The maximum absolute atomic E-state index is 11.5. The molecule has 2 rings (SSSR count). The van der Waals surface area contributed by atoms with E-state index in [1.54, 1.807) is 0 Å². The number of likely N-dealkylation sites (tertiary alicyclic amines) is 1. The van der Waals surface area contributed by atoms with Crippen molar-refractivity contribution >= 4 is 5.97 Å². The van der Waals surface area contributed by atoms with Crippen molar-refractivity contribution in [3.8, 4) is 0 Å². The number of nitrogens with zero attached hydrogens (tertiary/aromatic N) is 1. The van der Waals surface area contributed by atoms with E-state index in [0.29, 0.717) is 5.92 Å². The number of carbonyl (C=O) groups is 1. The summed E-state index contributed by atoms with van der Waals surface area (Å²) in [6, 6.07) is 0. The smallest absolute Gasteiger partial charge is 0.323 e. The highest BCUT2D eigenvalue weighted by atomic mass is 16.4. The topological polar surface area (TPSA) is 52.6 Å². The lowest BCUT2D eigenvalue weighted by molar-refractivity contribution is -0.146. The van der Waals surface area contributed by atoms with Crippen LogP contribution in [0.15, 0.2) is 0 Å². The molecule has 0 saturated carbocycles. The molecule has 16 heavy (non-hydrogen) atoms. The Morgan fingerprint density at radius 1 is 1.56 bits per heavy atom. The number of piperidine rings is 1. The summed E-state index contributed by atoms with van der Waals surface area (Å²) in [4.78, 5) is 13.8. The molecule has 0 aromatic carbocycles. The first-order valence-corrected chi connectivity index (χ1v) is 6.29. The lowest BCUT2D eigenvalue weighted by Gasteiger charge is -2.36. The van der Waals surface area contributed by atoms with E-state index in [0.717, 1.165) is 51.7 Å². The Labute approximate surface area is 97.0 Å². The SMILES string of the molecule is CN1CCC(CC2(C(=O)O)CCCCN2)C1. The van der Waals surface area contributed by atoms with Crippen molar-refractivity contribution in [2.45, 2.75) is 37.6 Å². The van der Waals surface area contributed by atoms with Crippen LogP contribution < -0.4 is 5.32 Å². The summed E-state index contributed by atoms with van der Waals surface area (Å²) in [5, 5.41) is 12.7. The molecular formula is C12H22N2O2. The van der Waals surface area contributed by atoms with Gasteiger partial charge in [0.15, 0.2) is 0 Å². The van der Waals surface area contributed by atoms with Gasteiger partial charge in [0, 0.05) is 6.54 Å². The second kappa shape index (κ2) is 4.72. The third kappa shape index (κ3) is 2.38. The molecule has 2 unspecified atom stereocenters. The molecule has 2 fully saturated rings. The van der Waals surface area contributed by atoms with Crippen LogP contribution >= 0.6 is 0 Å². The fourth-order valence-electron chi connectivity index (χ4n) is 3.10. The van der Waals surface area contributed by atoms with Gasteiger partial charge in [-0.1, -0.05) is 0 Å². The molecule has 2 N–H and O–H groups in total. The van der Waals surface area contributed by atoms with Gasteiger partial charge in [0.25, 0.3) is 0 Å². The molecule has 2 atom stereocenters. The minimum atomic E-state index is -0.651. The predicted molar refractivity (Wildman–Crippen MR) is 62.4 cm³/mol. The average molecular weight is 226 g/mol. The number of carboxylic acids is 1. The fraction of sp³-hybridized carbons (Fsp3) is 0.917. The highest BCUT2D eigenvalue weighted by molar-refractivity contribution is 5.79. The van der Waals surface area contributed by atoms with Gasteiger partial charge in [-0.15, -0.1) is 0 Å². The van der Waals surface area contributed by atoms with Crippen LogP contribution in [0, 0.1) is 5.92 Å². The molecule has 0 aromatic heterocycles. The quantitative estimate of drug-likeness (QED) is 0.751. The fourth-order valence-corrected chi connectivity index (χ4v) is 3.10. The minimum absolute atomic E-state index is 0.548. The van der Waals surface area contributed by atoms with Gasteiger partial charge in [0.1, 0.15) is 5.54 Å². The minimum Gasteiger partial charge on any atom is -0.480 e. The summed E-state index contributed by atoms with van der Waals surface area (Å²) in [5.41, 5.74) is -0.631. The Morgan fingerprint density at radius 2 is 2.38 bits per heavy atom. The highest BCUT2D eigenvalue weighted by Gasteiger charge is 2.42. The zero-order valence-corrected chi connectivity index (χ0v) is 10.0. The third-order valence-corrected chi connectivity index (χ3v) is 4.03. The molecule has 0 aromatic rings. The number of hydrogen-bond acceptors (Lipinski definition) is 3. The Morgan fingerprint density at radius 3 is 2.88 bits per heavy atom. The molecule has 92 valence electrons. The van der Waals surface area contributed by atoms with Gasteiger partial charge in [-0.2, -0.15) is 0 Å². The highest BCUT2D eigenvalue weighted by Crippen LogP contribution is 2.30. The van der Waals surface area contributed by atoms with Crippen LogP contribution in [-0.4, -0.2) is 48.2 Å². The van der Waals surface area contributed by atoms with E-state index in [1.807, 2.05) is 0 Å². The van der Waals surface area contributed by atoms with E-state index in [1.165, 1.54) is 0 Å². The first-order valence-electron chi connectivity index (χ1n) is 6.29. The Balaban J connectivity index is 1.99. The lowest BCUT2D eigenvalue weighted by atomic mass is 9.80. The van der Waals surface area contributed by atoms with Crippen LogP contribution in [0.1, 0.15) is 32.1 Å². The number of rotatable bonds is 3. The number of carboxylic acid groups (broad SMARTS) is 1. The van der Waals surface area contributed by atoms with Crippen molar-refractivity contribution in [3.63, 3.8) is 0 Å². The van der Waals surface area contributed by atoms with Crippen molar-refractivity contribution < 1.29 is 9.90 Å². The maximum atomic E-state index is 11.5. The monoisotopic (exact) mass is 226 g/mol. The third-order valence-electron chi connectivity index (χ3n) is 4.03. The van der Waals surface area contributed by atoms with Crippen molar-refractivity contribution in [2.75, 3.05) is 26.7 Å². The molecule has 2 saturated heterocycles. The second-order valence-corrected chi connectivity index (χ2v) is 5.39. The molecule has 2 aliphatic heterocycles. The van der Waals surface area contributed by atoms with Gasteiger partial charge >= 0.3 is 5.97 Å². The van der Waals surface area contributed by atoms with Gasteiger partial charge in [-0.3, -0.25) is 4.79 Å². The predicted octanol–water partition coefficient (Wildman–Crippen LogP) is 0.925. The van der Waals surface area contributed by atoms with Crippen molar-refractivity contribution in [1.29, 1.82) is 0 Å².